The van der Waals surface area contributed by atoms with Gasteiger partial charge in [-0.2, -0.15) is 0 Å². The van der Waals surface area contributed by atoms with E-state index < -0.39 is 0 Å². The zero-order chi connectivity index (χ0) is 5.70. The van der Waals surface area contributed by atoms with Gasteiger partial charge in [0.15, 0.2) is 6.29 Å². The topological polar surface area (TPSA) is 44.5 Å². The van der Waals surface area contributed by atoms with Crippen molar-refractivity contribution >= 4 is 0 Å². The Morgan fingerprint density at radius 2 is 2.29 bits per heavy atom. The summed E-state index contributed by atoms with van der Waals surface area (Å²) in [5.41, 5.74) is 0. The highest BCUT2D eigenvalue weighted by Crippen LogP contribution is 1.91. The van der Waals surface area contributed by atoms with Crippen LogP contribution in [0.3, 0.4) is 0 Å². The van der Waals surface area contributed by atoms with Crippen LogP contribution in [0.2, 0.25) is 0 Å². The fourth-order valence-corrected chi connectivity index (χ4v) is 0.318. The Balaban J connectivity index is 2.99. The first kappa shape index (κ1) is 6.88. The maximum absolute atomic E-state index is 4.77. The molecule has 1 atom stereocenters. The van der Waals surface area contributed by atoms with Crippen LogP contribution in [0.25, 0.3) is 0 Å². The Hall–Kier alpha value is -0.120. The maximum Gasteiger partial charge on any atom is 0.176 e. The molecule has 0 aromatic carbocycles. The van der Waals surface area contributed by atoms with Gasteiger partial charge in [-0.05, 0) is 6.42 Å². The van der Waals surface area contributed by atoms with E-state index in [4.69, 9.17) is 10.6 Å². The van der Waals surface area contributed by atoms with Crippen LogP contribution in [0.4, 0.5) is 0 Å². The lowest BCUT2D eigenvalue weighted by Crippen LogP contribution is -2.17. The zero-order valence-corrected chi connectivity index (χ0v) is 4.68. The van der Waals surface area contributed by atoms with Crippen LogP contribution in [0.1, 0.15) is 13.3 Å². The highest BCUT2D eigenvalue weighted by Gasteiger charge is 1.97. The molecule has 0 bridgehead atoms. The van der Waals surface area contributed by atoms with Crippen LogP contribution >= 0.6 is 0 Å². The van der Waals surface area contributed by atoms with Gasteiger partial charge in [0.1, 0.15) is 0 Å². The first-order valence-corrected chi connectivity index (χ1v) is 2.23. The molecule has 0 saturated carbocycles. The molecule has 3 nitrogen and oxygen atoms in total. The minimum Gasteiger partial charge on any atom is -0.354 e. The van der Waals surface area contributed by atoms with Crippen molar-refractivity contribution in [2.24, 2.45) is 5.90 Å². The largest absolute Gasteiger partial charge is 0.354 e. The Morgan fingerprint density at radius 3 is 2.29 bits per heavy atom. The smallest absolute Gasteiger partial charge is 0.176 e. The summed E-state index contributed by atoms with van der Waals surface area (Å²) in [6, 6.07) is 0. The lowest BCUT2D eigenvalue weighted by Gasteiger charge is -2.07. The number of hydrogen-bond donors (Lipinski definition) is 1. The van der Waals surface area contributed by atoms with Crippen LogP contribution in [0.15, 0.2) is 0 Å². The van der Waals surface area contributed by atoms with Crippen molar-refractivity contribution in [2.75, 3.05) is 7.11 Å². The first-order chi connectivity index (χ1) is 3.35. The summed E-state index contributed by atoms with van der Waals surface area (Å²) in [6.45, 7) is 1.93. The number of nitrogens with two attached hydrogens (primary N) is 1. The summed E-state index contributed by atoms with van der Waals surface area (Å²) in [7, 11) is 1.56. The zero-order valence-electron chi connectivity index (χ0n) is 4.68. The van der Waals surface area contributed by atoms with Crippen LogP contribution < -0.4 is 5.90 Å². The molecule has 0 aromatic heterocycles. The van der Waals surface area contributed by atoms with Gasteiger partial charge in [-0.3, -0.25) is 4.84 Å². The molecular weight excluding hydrogens is 94.0 g/mol. The Kier molecular flexibility index (Phi) is 3.98. The van der Waals surface area contributed by atoms with Crippen LogP contribution in [-0.2, 0) is 9.57 Å². The Labute approximate surface area is 43.4 Å². The third kappa shape index (κ3) is 2.56. The predicted molar refractivity (Wildman–Crippen MR) is 26.4 cm³/mol. The van der Waals surface area contributed by atoms with Crippen molar-refractivity contribution < 1.29 is 9.57 Å². The van der Waals surface area contributed by atoms with E-state index in [1.54, 1.807) is 7.11 Å². The van der Waals surface area contributed by atoms with E-state index in [0.29, 0.717) is 0 Å². The maximum atomic E-state index is 4.77. The fraction of sp³-hybridized carbons (Fsp3) is 1.00. The normalized spacial score (nSPS) is 14.1. The van der Waals surface area contributed by atoms with Crippen molar-refractivity contribution in [3.05, 3.63) is 0 Å². The number of hydrogen-bond acceptors (Lipinski definition) is 3. The second-order valence-electron chi connectivity index (χ2n) is 1.21. The van der Waals surface area contributed by atoms with Gasteiger partial charge in [-0.15, -0.1) is 0 Å². The highest BCUT2D eigenvalue weighted by atomic mass is 16.7. The van der Waals surface area contributed by atoms with Gasteiger partial charge in [0.25, 0.3) is 0 Å². The molecule has 0 aliphatic rings. The van der Waals surface area contributed by atoms with Crippen molar-refractivity contribution in [1.29, 1.82) is 0 Å². The molecule has 0 heterocycles. The molecule has 44 valence electrons. The second kappa shape index (κ2) is 4.05. The molecule has 0 fully saturated rings. The monoisotopic (exact) mass is 105 g/mol. The van der Waals surface area contributed by atoms with Crippen molar-refractivity contribution in [2.45, 2.75) is 19.6 Å². The van der Waals surface area contributed by atoms with Crippen LogP contribution in [0, 0.1) is 0 Å². The minimum atomic E-state index is -0.236. The van der Waals surface area contributed by atoms with Gasteiger partial charge in [0.2, 0.25) is 0 Å². The predicted octanol–water partition coefficient (Wildman–Crippen LogP) is 0.259. The summed E-state index contributed by atoms with van der Waals surface area (Å²) in [5, 5.41) is 0. The SMILES string of the molecule is CCC(OC)ON. The van der Waals surface area contributed by atoms with Gasteiger partial charge in [0.05, 0.1) is 0 Å². The average molecular weight is 105 g/mol. The van der Waals surface area contributed by atoms with E-state index in [2.05, 4.69) is 4.84 Å². The van der Waals surface area contributed by atoms with E-state index in [0.717, 1.165) is 6.42 Å². The Bertz CT molecular complexity index is 31.2. The molecular formula is C4H11NO2. The summed E-state index contributed by atoms with van der Waals surface area (Å²) in [4.78, 5) is 4.33. The highest BCUT2D eigenvalue weighted by molar-refractivity contribution is 4.30. The third-order valence-electron chi connectivity index (χ3n) is 0.748. The number of methoxy groups -OCH3 is 1. The lowest BCUT2D eigenvalue weighted by molar-refractivity contribution is -0.127. The molecule has 7 heavy (non-hydrogen) atoms. The van der Waals surface area contributed by atoms with E-state index in [9.17, 15) is 0 Å². The van der Waals surface area contributed by atoms with Gasteiger partial charge in [-0.1, -0.05) is 6.92 Å². The van der Waals surface area contributed by atoms with Gasteiger partial charge >= 0.3 is 0 Å². The number of ether oxygens (including phenoxy) is 1. The molecule has 0 radical (unpaired) electrons. The van der Waals surface area contributed by atoms with E-state index in [-0.39, 0.29) is 6.29 Å². The summed E-state index contributed by atoms with van der Waals surface area (Å²) in [6.07, 6.45) is 0.549. The summed E-state index contributed by atoms with van der Waals surface area (Å²) >= 11 is 0. The second-order valence-corrected chi connectivity index (χ2v) is 1.21. The molecule has 0 aliphatic heterocycles. The van der Waals surface area contributed by atoms with Gasteiger partial charge < -0.3 is 4.74 Å². The minimum absolute atomic E-state index is 0.236. The van der Waals surface area contributed by atoms with E-state index >= 15 is 0 Å². The van der Waals surface area contributed by atoms with Gasteiger partial charge in [0, 0.05) is 7.11 Å². The van der Waals surface area contributed by atoms with Crippen LogP contribution in [-0.4, -0.2) is 13.4 Å². The molecule has 0 amide bonds. The molecule has 3 heteroatoms. The molecule has 0 aromatic rings. The molecule has 0 spiro atoms. The molecule has 0 saturated heterocycles. The quantitative estimate of drug-likeness (QED) is 0.413. The average Bonchev–Trinajstić information content (AvgIpc) is 1.72. The summed E-state index contributed by atoms with van der Waals surface area (Å²) in [5.74, 6) is 4.77. The Morgan fingerprint density at radius 1 is 1.71 bits per heavy atom. The van der Waals surface area contributed by atoms with Crippen LogP contribution in [0.5, 0.6) is 0 Å². The number of rotatable bonds is 3. The third-order valence-corrected chi connectivity index (χ3v) is 0.748. The molecule has 2 N–H and O–H groups in total. The van der Waals surface area contributed by atoms with Gasteiger partial charge in [-0.25, -0.2) is 5.90 Å². The van der Waals surface area contributed by atoms with E-state index in [1.165, 1.54) is 0 Å². The van der Waals surface area contributed by atoms with Crippen molar-refractivity contribution in [3.63, 3.8) is 0 Å². The first-order valence-electron chi connectivity index (χ1n) is 2.23. The standard InChI is InChI=1S/C4H11NO2/c1-3-4(6-2)7-5/h4H,3,5H2,1-2H3. The molecule has 1 unspecified atom stereocenters. The molecule has 0 aliphatic carbocycles. The van der Waals surface area contributed by atoms with Crippen molar-refractivity contribution in [1.82, 2.24) is 0 Å². The summed E-state index contributed by atoms with van der Waals surface area (Å²) < 4.78 is 4.70. The fourth-order valence-electron chi connectivity index (χ4n) is 0.318. The molecule has 0 rings (SSSR count). The lowest BCUT2D eigenvalue weighted by atomic mass is 10.5. The van der Waals surface area contributed by atoms with Crippen molar-refractivity contribution in [3.8, 4) is 0 Å². The van der Waals surface area contributed by atoms with E-state index in [1.807, 2.05) is 6.92 Å².